The van der Waals surface area contributed by atoms with Crippen LogP contribution in [0.3, 0.4) is 0 Å². The fourth-order valence-corrected chi connectivity index (χ4v) is 14.7. The smallest absolute Gasteiger partial charge is 1.00 e. The molecule has 0 unspecified atom stereocenters. The average molecular weight is 2030 g/mol. The minimum atomic E-state index is -0.877. The Balaban J connectivity index is -0.000000305. The van der Waals surface area contributed by atoms with Gasteiger partial charge in [-0.15, -0.1) is 0 Å². The fourth-order valence-electron chi connectivity index (χ4n) is 6.94. The maximum atomic E-state index is 4.81. The van der Waals surface area contributed by atoms with Gasteiger partial charge in [-0.05, 0) is 109 Å². The summed E-state index contributed by atoms with van der Waals surface area (Å²) in [6.45, 7) is 0. The SMILES string of the molecule is C[S-].C[S-].C[S-].ClC(Cl)Cl.ClC(Cl)Cl.ClC(Cl)Cl.ClC(Cl)Cl.[Cl-].[Pt+2].[Pt].[Pt].c1ccc([PH+](c2ccccc2)c2ccccc2)cc1.c1ccc([PH+](c2ccccc2)c2ccccc2)cc1.c1ccc([PH+](c2ccccc2)c2ccccc2)cc1. The molecular weight excluding hydrogens is 1970 g/mol. The molecule has 0 aliphatic carbocycles. The van der Waals surface area contributed by atoms with E-state index in [1.165, 1.54) is 47.7 Å². The molecule has 0 amide bonds. The first-order chi connectivity index (χ1) is 38.3. The fraction of sp³-hybridized carbons (Fsp3) is 0.115. The van der Waals surface area contributed by atoms with Gasteiger partial charge in [-0.25, -0.2) is 0 Å². The molecule has 0 nitrogen and oxygen atoms in total. The van der Waals surface area contributed by atoms with Crippen molar-refractivity contribution in [2.24, 2.45) is 0 Å². The summed E-state index contributed by atoms with van der Waals surface area (Å²) in [5.41, 5.74) is 0. The molecule has 0 atom stereocenters. The van der Waals surface area contributed by atoms with Crippen LogP contribution in [0.4, 0.5) is 0 Å². The zero-order valence-electron chi connectivity index (χ0n) is 44.4. The van der Waals surface area contributed by atoms with Crippen LogP contribution in [0, 0.1) is 0 Å². The molecule has 458 valence electrons. The van der Waals surface area contributed by atoms with Crippen LogP contribution in [-0.2, 0) is 101 Å². The van der Waals surface area contributed by atoms with Crippen molar-refractivity contribution >= 4 is 249 Å². The van der Waals surface area contributed by atoms with Crippen LogP contribution in [0.1, 0.15) is 0 Å². The van der Waals surface area contributed by atoms with E-state index >= 15 is 0 Å². The Morgan fingerprint density at radius 3 is 0.325 bits per heavy atom. The van der Waals surface area contributed by atoms with Crippen molar-refractivity contribution in [1.29, 1.82) is 0 Å². The first kappa shape index (κ1) is 92.9. The Morgan fingerprint density at radius 2 is 0.265 bits per heavy atom. The number of alkyl halides is 12. The van der Waals surface area contributed by atoms with Gasteiger partial charge in [-0.1, -0.05) is 303 Å². The van der Waals surface area contributed by atoms with Crippen molar-refractivity contribution in [2.45, 2.75) is 17.2 Å². The van der Waals surface area contributed by atoms with Crippen molar-refractivity contribution < 1.29 is 75.6 Å². The third-order valence-corrected chi connectivity index (χ3v) is 17.8. The van der Waals surface area contributed by atoms with E-state index in [9.17, 15) is 0 Å². The second kappa shape index (κ2) is 63.3. The molecular formula is C61H61Cl13P3Pt3S3+. The van der Waals surface area contributed by atoms with Crippen molar-refractivity contribution in [3.63, 3.8) is 0 Å². The summed E-state index contributed by atoms with van der Waals surface area (Å²) < 4.78 is -3.00. The van der Waals surface area contributed by atoms with Gasteiger partial charge in [0.05, 0.1) is 23.8 Å². The first-order valence-electron chi connectivity index (χ1n) is 23.3. The predicted molar refractivity (Wildman–Crippen MR) is 385 cm³/mol. The summed E-state index contributed by atoms with van der Waals surface area (Å²) >= 11 is 69.9. The van der Waals surface area contributed by atoms with Crippen LogP contribution in [0.15, 0.2) is 273 Å². The largest absolute Gasteiger partial charge is 2.00 e. The number of benzene rings is 9. The van der Waals surface area contributed by atoms with Gasteiger partial charge >= 0.3 is 21.1 Å². The summed E-state index contributed by atoms with van der Waals surface area (Å²) in [7, 11) is -2.63. The van der Waals surface area contributed by atoms with Gasteiger partial charge < -0.3 is 50.3 Å². The Labute approximate surface area is 624 Å². The molecule has 9 aromatic carbocycles. The quantitative estimate of drug-likeness (QED) is 0.0803. The van der Waals surface area contributed by atoms with Crippen LogP contribution < -0.4 is 60.1 Å². The molecule has 0 radical (unpaired) electrons. The Bertz CT molecular complexity index is 2110. The van der Waals surface area contributed by atoms with E-state index < -0.39 is 40.9 Å². The van der Waals surface area contributed by atoms with E-state index in [1.54, 1.807) is 18.8 Å². The minimum absolute atomic E-state index is 0. The van der Waals surface area contributed by atoms with Crippen molar-refractivity contribution in [3.8, 4) is 0 Å². The van der Waals surface area contributed by atoms with Gasteiger partial charge in [-0.2, -0.15) is 18.8 Å². The van der Waals surface area contributed by atoms with Crippen molar-refractivity contribution in [3.05, 3.63) is 273 Å². The van der Waals surface area contributed by atoms with Gasteiger partial charge in [0.15, 0.2) is 17.2 Å². The molecule has 0 N–H and O–H groups in total. The summed E-state index contributed by atoms with van der Waals surface area (Å²) in [6.07, 6.45) is 4.75. The Kier molecular flexibility index (Phi) is 70.8. The zero-order valence-corrected chi connectivity index (χ0v) is 66.5. The van der Waals surface area contributed by atoms with Crippen molar-refractivity contribution in [2.75, 3.05) is 18.8 Å². The normalized spacial score (nSPS) is 9.22. The van der Waals surface area contributed by atoms with E-state index in [0.717, 1.165) is 0 Å². The molecule has 0 bridgehead atoms. The average Bonchev–Trinajstić information content (AvgIpc) is 3.50. The molecule has 0 saturated heterocycles. The van der Waals surface area contributed by atoms with E-state index in [2.05, 4.69) is 311 Å². The van der Waals surface area contributed by atoms with Gasteiger partial charge in [0.1, 0.15) is 47.7 Å². The van der Waals surface area contributed by atoms with E-state index in [4.69, 9.17) is 139 Å². The Hall–Kier alpha value is 1.15. The zero-order chi connectivity index (χ0) is 59.1. The number of hydrogen-bond acceptors (Lipinski definition) is 3. The van der Waals surface area contributed by atoms with Crippen LogP contribution >= 0.6 is 163 Å². The van der Waals surface area contributed by atoms with Crippen LogP contribution in [0.25, 0.3) is 0 Å². The third kappa shape index (κ3) is 46.0. The molecule has 0 heterocycles. The van der Waals surface area contributed by atoms with Gasteiger partial charge in [0.25, 0.3) is 0 Å². The first-order valence-corrected chi connectivity index (χ1v) is 35.5. The monoisotopic (exact) mass is 2020 g/mol. The predicted octanol–water partition coefficient (Wildman–Crippen LogP) is 15.0. The molecule has 83 heavy (non-hydrogen) atoms. The van der Waals surface area contributed by atoms with Crippen LogP contribution in [0.2, 0.25) is 0 Å². The number of halogens is 13. The molecule has 0 spiro atoms. The standard InChI is InChI=1S/3C18H15P.4CHCl3.3CH4S.ClH.3Pt/c3*1-4-10-16(11-5-1)19(17-12-6-2-7-13-17)18-14-8-3-9-15-18;4*2-1(3)4;3*1-2;;;;/h3*1-15H;4*1H;3*2H,1H3;1H;;;/q;;;;;;;;;;;;;+2/p-1. The van der Waals surface area contributed by atoms with E-state index in [1.807, 2.05) is 0 Å². The van der Waals surface area contributed by atoms with E-state index in [0.29, 0.717) is 0 Å². The number of hydrogen-bond donors (Lipinski definition) is 0. The Morgan fingerprint density at radius 1 is 0.205 bits per heavy atom. The van der Waals surface area contributed by atoms with Crippen LogP contribution in [0.5, 0.6) is 0 Å². The second-order valence-electron chi connectivity index (χ2n) is 14.4. The van der Waals surface area contributed by atoms with E-state index in [-0.39, 0.29) is 75.6 Å². The van der Waals surface area contributed by atoms with Gasteiger partial charge in [0, 0.05) is 42.1 Å². The summed E-state index contributed by atoms with van der Waals surface area (Å²) in [5.74, 6) is 0. The van der Waals surface area contributed by atoms with Crippen LogP contribution in [-0.4, -0.2) is 35.9 Å². The van der Waals surface area contributed by atoms with Crippen molar-refractivity contribution in [1.82, 2.24) is 0 Å². The molecule has 0 aliphatic rings. The molecule has 0 fully saturated rings. The second-order valence-corrected chi connectivity index (χ2v) is 29.8. The molecule has 9 aromatic rings. The maximum absolute atomic E-state index is 4.81. The molecule has 0 aromatic heterocycles. The summed E-state index contributed by atoms with van der Waals surface area (Å²) in [5, 5.41) is 12.9. The molecule has 9 rings (SSSR count). The summed E-state index contributed by atoms with van der Waals surface area (Å²) in [6, 6.07) is 97.5. The molecule has 22 heteroatoms. The summed E-state index contributed by atoms with van der Waals surface area (Å²) in [4.78, 5) is 0. The number of rotatable bonds is 9. The maximum Gasteiger partial charge on any atom is 2.00 e. The minimum Gasteiger partial charge on any atom is -1.00 e. The van der Waals surface area contributed by atoms with Gasteiger partial charge in [0.2, 0.25) is 0 Å². The topological polar surface area (TPSA) is 0 Å². The molecule has 0 aliphatic heterocycles. The third-order valence-electron chi connectivity index (χ3n) is 9.56. The molecule has 0 saturated carbocycles. The van der Waals surface area contributed by atoms with Gasteiger partial charge in [-0.3, -0.25) is 0 Å².